The van der Waals surface area contributed by atoms with E-state index in [4.69, 9.17) is 9.15 Å². The monoisotopic (exact) mass is 480 g/mol. The highest BCUT2D eigenvalue weighted by Crippen LogP contribution is 2.39. The molecular weight excluding hydrogens is 461 g/mol. The fraction of sp³-hybridized carbons (Fsp3) is 0.240. The van der Waals surface area contributed by atoms with E-state index in [1.807, 2.05) is 18.2 Å². The first kappa shape index (κ1) is 22.5. The largest absolute Gasteiger partial charge is 0.496 e. The Morgan fingerprint density at radius 3 is 2.71 bits per heavy atom. The molecule has 0 saturated heterocycles. The molecule has 0 N–H and O–H groups in total. The van der Waals surface area contributed by atoms with Crippen molar-refractivity contribution in [3.8, 4) is 34.1 Å². The lowest BCUT2D eigenvalue weighted by Gasteiger charge is -2.30. The van der Waals surface area contributed by atoms with E-state index in [1.54, 1.807) is 36.3 Å². The molecule has 2 aromatic carbocycles. The molecular formula is C25H19F3N4O3. The number of fused-ring (bicyclic) bond motifs is 2. The third-order valence-electron chi connectivity index (χ3n) is 6.06. The van der Waals surface area contributed by atoms with Crippen LogP contribution < -0.4 is 4.74 Å². The van der Waals surface area contributed by atoms with Gasteiger partial charge in [0.1, 0.15) is 23.9 Å². The Hall–Kier alpha value is -4.26. The zero-order valence-electron chi connectivity index (χ0n) is 18.8. The number of benzene rings is 2. The highest BCUT2D eigenvalue weighted by molar-refractivity contribution is 6.02. The van der Waals surface area contributed by atoms with Gasteiger partial charge in [-0.25, -0.2) is 0 Å². The summed E-state index contributed by atoms with van der Waals surface area (Å²) in [5.74, 6) is -0.479. The van der Waals surface area contributed by atoms with E-state index in [9.17, 15) is 23.2 Å². The highest BCUT2D eigenvalue weighted by atomic mass is 19.4. The van der Waals surface area contributed by atoms with E-state index in [-0.39, 0.29) is 24.3 Å². The van der Waals surface area contributed by atoms with Crippen LogP contribution in [0.1, 0.15) is 21.6 Å². The molecule has 0 spiro atoms. The first-order valence-corrected chi connectivity index (χ1v) is 10.7. The quantitative estimate of drug-likeness (QED) is 0.413. The number of methoxy groups -OCH3 is 1. The molecule has 5 rings (SSSR count). The maximum Gasteiger partial charge on any atom is 0.406 e. The fourth-order valence-electron chi connectivity index (χ4n) is 4.51. The molecule has 0 atom stereocenters. The Morgan fingerprint density at radius 2 is 2.00 bits per heavy atom. The summed E-state index contributed by atoms with van der Waals surface area (Å²) in [6, 6.07) is 11.1. The Bertz CT molecular complexity index is 1490. The van der Waals surface area contributed by atoms with Crippen LogP contribution in [0, 0.1) is 11.3 Å². The summed E-state index contributed by atoms with van der Waals surface area (Å²) in [4.78, 5) is 13.6. The number of ether oxygens (including phenoxy) is 1. The van der Waals surface area contributed by atoms with Crippen molar-refractivity contribution in [2.24, 2.45) is 7.05 Å². The number of hydrogen-bond acceptors (Lipinski definition) is 5. The number of furan rings is 1. The molecule has 0 aliphatic carbocycles. The first-order valence-electron chi connectivity index (χ1n) is 10.7. The third kappa shape index (κ3) is 3.99. The Labute approximate surface area is 197 Å². The van der Waals surface area contributed by atoms with Crippen LogP contribution in [0.5, 0.6) is 5.75 Å². The van der Waals surface area contributed by atoms with Gasteiger partial charge in [0.05, 0.1) is 18.9 Å². The van der Waals surface area contributed by atoms with E-state index in [0.29, 0.717) is 22.4 Å². The van der Waals surface area contributed by atoms with Crippen LogP contribution in [0.15, 0.2) is 47.2 Å². The number of alkyl halides is 3. The van der Waals surface area contributed by atoms with Gasteiger partial charge < -0.3 is 14.1 Å². The van der Waals surface area contributed by atoms with Gasteiger partial charge >= 0.3 is 6.18 Å². The summed E-state index contributed by atoms with van der Waals surface area (Å²) in [5.41, 5.74) is 4.63. The van der Waals surface area contributed by atoms with E-state index in [2.05, 4.69) is 11.2 Å². The van der Waals surface area contributed by atoms with Crippen molar-refractivity contribution in [2.75, 3.05) is 20.2 Å². The van der Waals surface area contributed by atoms with E-state index in [1.165, 1.54) is 7.11 Å². The molecule has 0 radical (unpaired) electrons. The highest BCUT2D eigenvalue weighted by Gasteiger charge is 2.37. The van der Waals surface area contributed by atoms with E-state index < -0.39 is 18.6 Å². The average Bonchev–Trinajstić information content (AvgIpc) is 3.42. The van der Waals surface area contributed by atoms with Crippen LogP contribution in [0.3, 0.4) is 0 Å². The number of rotatable bonds is 4. The van der Waals surface area contributed by atoms with Crippen molar-refractivity contribution in [2.45, 2.75) is 12.6 Å². The van der Waals surface area contributed by atoms with Crippen molar-refractivity contribution >= 4 is 16.9 Å². The molecule has 10 heteroatoms. The van der Waals surface area contributed by atoms with Gasteiger partial charge in [0.15, 0.2) is 5.69 Å². The van der Waals surface area contributed by atoms with Crippen LogP contribution in [-0.2, 0) is 13.5 Å². The molecule has 3 heterocycles. The second-order valence-corrected chi connectivity index (χ2v) is 8.34. The Morgan fingerprint density at radius 1 is 1.20 bits per heavy atom. The summed E-state index contributed by atoms with van der Waals surface area (Å²) in [6.07, 6.45) is -0.848. The fourth-order valence-corrected chi connectivity index (χ4v) is 4.51. The zero-order chi connectivity index (χ0) is 24.9. The van der Waals surface area contributed by atoms with Crippen molar-refractivity contribution < 1.29 is 27.1 Å². The number of hydrogen-bond donors (Lipinski definition) is 0. The third-order valence-corrected chi connectivity index (χ3v) is 6.06. The molecule has 35 heavy (non-hydrogen) atoms. The predicted molar refractivity (Wildman–Crippen MR) is 121 cm³/mol. The number of carbonyl (C=O) groups excluding carboxylic acids is 1. The molecule has 0 saturated carbocycles. The van der Waals surface area contributed by atoms with Gasteiger partial charge in [-0.2, -0.15) is 23.5 Å². The van der Waals surface area contributed by atoms with Crippen LogP contribution in [-0.4, -0.2) is 47.0 Å². The van der Waals surface area contributed by atoms with Gasteiger partial charge in [-0.05, 0) is 47.4 Å². The van der Waals surface area contributed by atoms with Crippen LogP contribution in [0.25, 0.3) is 33.2 Å². The lowest BCUT2D eigenvalue weighted by Crippen LogP contribution is -2.43. The average molecular weight is 480 g/mol. The smallest absolute Gasteiger partial charge is 0.406 e. The minimum Gasteiger partial charge on any atom is -0.496 e. The molecule has 7 nitrogen and oxygen atoms in total. The van der Waals surface area contributed by atoms with Crippen molar-refractivity contribution in [3.63, 3.8) is 0 Å². The Balaban J connectivity index is 1.55. The van der Waals surface area contributed by atoms with Crippen molar-refractivity contribution in [3.05, 3.63) is 59.6 Å². The van der Waals surface area contributed by atoms with Gasteiger partial charge in [-0.3, -0.25) is 9.48 Å². The molecule has 0 fully saturated rings. The summed E-state index contributed by atoms with van der Waals surface area (Å²) in [7, 11) is 3.13. The molecule has 1 aliphatic heterocycles. The predicted octanol–water partition coefficient (Wildman–Crippen LogP) is 4.94. The van der Waals surface area contributed by atoms with Gasteiger partial charge in [0.25, 0.3) is 5.91 Å². The number of aryl methyl sites for hydroxylation is 1. The number of halogens is 3. The van der Waals surface area contributed by atoms with Gasteiger partial charge in [0.2, 0.25) is 0 Å². The minimum atomic E-state index is -4.47. The van der Waals surface area contributed by atoms with Crippen molar-refractivity contribution in [1.82, 2.24) is 14.7 Å². The summed E-state index contributed by atoms with van der Waals surface area (Å²) < 4.78 is 51.5. The molecule has 4 aromatic rings. The molecule has 2 aromatic heterocycles. The normalized spacial score (nSPS) is 13.7. The standard InChI is InChI=1S/C25H19F3N4O3/c1-31-11-18(20(10-29)30-31)14-3-4-17-19(12-35-21(17)8-14)16-7-15-5-6-32(13-25(26,27)28)24(33)23(15)22(9-16)34-2/h3-4,7-9,11-12H,5-6,13H2,1-2H3. The van der Waals surface area contributed by atoms with Crippen molar-refractivity contribution in [1.29, 1.82) is 5.26 Å². The molecule has 0 unspecified atom stereocenters. The number of aromatic nitrogens is 2. The number of carbonyl (C=O) groups is 1. The first-order chi connectivity index (χ1) is 16.7. The number of nitrogens with zero attached hydrogens (tertiary/aromatic N) is 4. The lowest BCUT2D eigenvalue weighted by atomic mass is 9.92. The van der Waals surface area contributed by atoms with Gasteiger partial charge in [-0.15, -0.1) is 0 Å². The number of nitriles is 1. The van der Waals surface area contributed by atoms with Gasteiger partial charge in [0, 0.05) is 36.3 Å². The van der Waals surface area contributed by atoms with Crippen LogP contribution in [0.4, 0.5) is 13.2 Å². The van der Waals surface area contributed by atoms with E-state index >= 15 is 0 Å². The summed E-state index contributed by atoms with van der Waals surface area (Å²) in [6.45, 7) is -1.32. The number of amides is 1. The molecule has 178 valence electrons. The minimum absolute atomic E-state index is 0.0280. The Kier molecular flexibility index (Phi) is 5.28. The van der Waals surface area contributed by atoms with Crippen LogP contribution in [0.2, 0.25) is 0 Å². The second kappa shape index (κ2) is 8.20. The molecule has 1 amide bonds. The topological polar surface area (TPSA) is 84.3 Å². The molecule has 0 bridgehead atoms. The lowest BCUT2D eigenvalue weighted by molar-refractivity contribution is -0.141. The maximum atomic E-state index is 12.9. The molecule has 1 aliphatic rings. The second-order valence-electron chi connectivity index (χ2n) is 8.34. The summed E-state index contributed by atoms with van der Waals surface area (Å²) >= 11 is 0. The van der Waals surface area contributed by atoms with Crippen LogP contribution >= 0.6 is 0 Å². The van der Waals surface area contributed by atoms with E-state index in [0.717, 1.165) is 27.0 Å². The SMILES string of the molecule is COc1cc(-c2coc3cc(-c4cn(C)nc4C#N)ccc23)cc2c1C(=O)N(CC(F)(F)F)CC2. The zero-order valence-corrected chi connectivity index (χ0v) is 18.8. The van der Waals surface area contributed by atoms with Gasteiger partial charge in [-0.1, -0.05) is 6.07 Å². The maximum absolute atomic E-state index is 12.9. The summed E-state index contributed by atoms with van der Waals surface area (Å²) in [5, 5.41) is 14.3.